The van der Waals surface area contributed by atoms with E-state index in [2.05, 4.69) is 15.1 Å². The second-order valence-corrected chi connectivity index (χ2v) is 4.92. The molecule has 1 saturated heterocycles. The van der Waals surface area contributed by atoms with Gasteiger partial charge in [-0.15, -0.1) is 0 Å². The van der Waals surface area contributed by atoms with E-state index < -0.39 is 0 Å². The van der Waals surface area contributed by atoms with Gasteiger partial charge in [0.1, 0.15) is 5.82 Å². The van der Waals surface area contributed by atoms with Crippen LogP contribution >= 0.6 is 0 Å². The Morgan fingerprint density at radius 1 is 1.33 bits per heavy atom. The molecule has 1 aromatic carbocycles. The minimum Gasteiger partial charge on any atom is -0.296 e. The van der Waals surface area contributed by atoms with Crippen molar-refractivity contribution in [2.75, 3.05) is 18.0 Å². The maximum atomic E-state index is 12.2. The van der Waals surface area contributed by atoms with Gasteiger partial charge in [0.25, 0.3) is 0 Å². The molecule has 0 radical (unpaired) electrons. The molecule has 106 valence electrons. The highest BCUT2D eigenvalue weighted by molar-refractivity contribution is 5.95. The molecule has 0 aliphatic carbocycles. The minimum atomic E-state index is 0.0332. The predicted molar refractivity (Wildman–Crippen MR) is 78.0 cm³/mol. The molecule has 0 bridgehead atoms. The molecule has 1 atom stereocenters. The molecule has 2 heterocycles. The third-order valence-electron chi connectivity index (χ3n) is 3.51. The van der Waals surface area contributed by atoms with Crippen LogP contribution in [0, 0.1) is 5.92 Å². The number of benzene rings is 1. The van der Waals surface area contributed by atoms with Crippen LogP contribution in [0.4, 0.5) is 5.82 Å². The van der Waals surface area contributed by atoms with Gasteiger partial charge in [-0.1, -0.05) is 23.3 Å². The molecule has 3 rings (SSSR count). The minimum absolute atomic E-state index is 0.0332. The molecule has 0 N–H and O–H groups in total. The van der Waals surface area contributed by atoms with Crippen LogP contribution in [0.3, 0.4) is 0 Å². The summed E-state index contributed by atoms with van der Waals surface area (Å²) in [6, 6.07) is 11.5. The van der Waals surface area contributed by atoms with Crippen LogP contribution in [-0.2, 0) is 4.79 Å². The first kappa shape index (κ1) is 13.2. The summed E-state index contributed by atoms with van der Waals surface area (Å²) >= 11 is 0. The van der Waals surface area contributed by atoms with Crippen LogP contribution < -0.4 is 4.90 Å². The van der Waals surface area contributed by atoms with Crippen molar-refractivity contribution < 1.29 is 4.79 Å². The predicted octanol–water partition coefficient (Wildman–Crippen LogP) is 2.54. The molecule has 1 aromatic heterocycles. The molecule has 7 heteroatoms. The lowest BCUT2D eigenvalue weighted by Crippen LogP contribution is -2.27. The third kappa shape index (κ3) is 2.59. The van der Waals surface area contributed by atoms with Crippen LogP contribution in [0.5, 0.6) is 0 Å². The summed E-state index contributed by atoms with van der Waals surface area (Å²) in [6.07, 6.45) is 2.08. The average Bonchev–Trinajstić information content (AvgIpc) is 3.12. The molecule has 1 aliphatic rings. The van der Waals surface area contributed by atoms with Crippen LogP contribution in [0.15, 0.2) is 47.7 Å². The number of amides is 1. The van der Waals surface area contributed by atoms with Gasteiger partial charge < -0.3 is 0 Å². The van der Waals surface area contributed by atoms with Gasteiger partial charge in [-0.3, -0.25) is 9.69 Å². The van der Waals surface area contributed by atoms with Crippen molar-refractivity contribution in [2.24, 2.45) is 11.0 Å². The number of hydrogen-bond acceptors (Lipinski definition) is 3. The highest BCUT2D eigenvalue weighted by Crippen LogP contribution is 2.27. The van der Waals surface area contributed by atoms with Gasteiger partial charge in [-0.2, -0.15) is 5.10 Å². The molecule has 21 heavy (non-hydrogen) atoms. The molecule has 7 nitrogen and oxygen atoms in total. The Morgan fingerprint density at radius 2 is 2.14 bits per heavy atom. The number of nitrogens with zero attached hydrogens (tertiary/aromatic N) is 6. The second kappa shape index (κ2) is 5.68. The van der Waals surface area contributed by atoms with Gasteiger partial charge in [0.2, 0.25) is 5.91 Å². The lowest BCUT2D eigenvalue weighted by Gasteiger charge is -2.17. The zero-order chi connectivity index (χ0) is 14.7. The number of hydrogen-bond donors (Lipinski definition) is 0. The molecular formula is C14H14N6O. The molecule has 2 aromatic rings. The first-order valence-electron chi connectivity index (χ1n) is 6.70. The fourth-order valence-electron chi connectivity index (χ4n) is 2.55. The fraction of sp³-hybridized carbons (Fsp3) is 0.286. The summed E-state index contributed by atoms with van der Waals surface area (Å²) in [7, 11) is 0. The number of carbonyl (C=O) groups excluding carboxylic acids is 1. The maximum Gasteiger partial charge on any atom is 0.228 e. The van der Waals surface area contributed by atoms with Crippen molar-refractivity contribution in [3.63, 3.8) is 0 Å². The first-order valence-corrected chi connectivity index (χ1v) is 6.70. The summed E-state index contributed by atoms with van der Waals surface area (Å²) in [5, 5.41) is 7.86. The Bertz CT molecular complexity index is 688. The number of aromatic nitrogens is 2. The molecule has 1 unspecified atom stereocenters. The van der Waals surface area contributed by atoms with Crippen LogP contribution in [0.2, 0.25) is 0 Å². The van der Waals surface area contributed by atoms with E-state index in [9.17, 15) is 4.79 Å². The van der Waals surface area contributed by atoms with Crippen molar-refractivity contribution >= 4 is 11.7 Å². The van der Waals surface area contributed by atoms with Gasteiger partial charge in [-0.05, 0) is 23.6 Å². The lowest BCUT2D eigenvalue weighted by molar-refractivity contribution is -0.117. The van der Waals surface area contributed by atoms with Gasteiger partial charge in [-0.25, -0.2) is 4.68 Å². The fourth-order valence-corrected chi connectivity index (χ4v) is 2.55. The third-order valence-corrected chi connectivity index (χ3v) is 3.51. The second-order valence-electron chi connectivity index (χ2n) is 4.92. The van der Waals surface area contributed by atoms with Gasteiger partial charge in [0.05, 0.1) is 11.9 Å². The number of azide groups is 1. The SMILES string of the molecule is [N-]=[N+]=NCC1CC(=O)N(c2ccnn2-c2ccccc2)C1. The zero-order valence-electron chi connectivity index (χ0n) is 11.3. The van der Waals surface area contributed by atoms with E-state index in [1.165, 1.54) is 0 Å². The number of carbonyl (C=O) groups is 1. The van der Waals surface area contributed by atoms with E-state index in [0.717, 1.165) is 11.5 Å². The Hall–Kier alpha value is -2.79. The van der Waals surface area contributed by atoms with Crippen LogP contribution in [0.25, 0.3) is 16.1 Å². The largest absolute Gasteiger partial charge is 0.296 e. The van der Waals surface area contributed by atoms with E-state index in [-0.39, 0.29) is 11.8 Å². The Balaban J connectivity index is 1.87. The van der Waals surface area contributed by atoms with Gasteiger partial charge in [0, 0.05) is 30.5 Å². The molecule has 1 aliphatic heterocycles. The number of para-hydroxylation sites is 1. The average molecular weight is 282 g/mol. The van der Waals surface area contributed by atoms with E-state index in [0.29, 0.717) is 19.5 Å². The number of rotatable bonds is 4. The molecule has 0 spiro atoms. The normalized spacial score (nSPS) is 17.8. The van der Waals surface area contributed by atoms with E-state index in [1.807, 2.05) is 36.4 Å². The van der Waals surface area contributed by atoms with E-state index in [4.69, 9.17) is 5.53 Å². The molecule has 1 amide bonds. The van der Waals surface area contributed by atoms with Gasteiger partial charge in [0.15, 0.2) is 0 Å². The summed E-state index contributed by atoms with van der Waals surface area (Å²) in [5.74, 6) is 0.841. The standard InChI is InChI=1S/C14H14N6O/c15-18-16-9-11-8-14(21)19(10-11)13-6-7-17-20(13)12-4-2-1-3-5-12/h1-7,11H,8-10H2. The number of anilines is 1. The Kier molecular flexibility index (Phi) is 3.57. The summed E-state index contributed by atoms with van der Waals surface area (Å²) in [6.45, 7) is 0.897. The molecule has 0 saturated carbocycles. The molecular weight excluding hydrogens is 268 g/mol. The lowest BCUT2D eigenvalue weighted by atomic mass is 10.1. The van der Waals surface area contributed by atoms with Crippen molar-refractivity contribution in [1.29, 1.82) is 0 Å². The zero-order valence-corrected chi connectivity index (χ0v) is 11.3. The first-order chi connectivity index (χ1) is 10.3. The molecule has 1 fully saturated rings. The highest BCUT2D eigenvalue weighted by Gasteiger charge is 2.32. The van der Waals surface area contributed by atoms with Crippen LogP contribution in [0.1, 0.15) is 6.42 Å². The van der Waals surface area contributed by atoms with Crippen LogP contribution in [-0.4, -0.2) is 28.8 Å². The van der Waals surface area contributed by atoms with Crippen molar-refractivity contribution in [3.05, 3.63) is 53.0 Å². The van der Waals surface area contributed by atoms with Crippen molar-refractivity contribution in [3.8, 4) is 5.69 Å². The highest BCUT2D eigenvalue weighted by atomic mass is 16.2. The quantitative estimate of drug-likeness (QED) is 0.490. The monoisotopic (exact) mass is 282 g/mol. The van der Waals surface area contributed by atoms with Gasteiger partial charge >= 0.3 is 0 Å². The maximum absolute atomic E-state index is 12.2. The van der Waals surface area contributed by atoms with Crippen molar-refractivity contribution in [2.45, 2.75) is 6.42 Å². The van der Waals surface area contributed by atoms with Crippen molar-refractivity contribution in [1.82, 2.24) is 9.78 Å². The summed E-state index contributed by atoms with van der Waals surface area (Å²) in [4.78, 5) is 16.6. The Morgan fingerprint density at radius 3 is 2.90 bits per heavy atom. The smallest absolute Gasteiger partial charge is 0.228 e. The summed E-state index contributed by atoms with van der Waals surface area (Å²) in [5.41, 5.74) is 9.29. The van der Waals surface area contributed by atoms with E-state index in [1.54, 1.807) is 15.8 Å². The topological polar surface area (TPSA) is 86.9 Å². The van der Waals surface area contributed by atoms with E-state index >= 15 is 0 Å². The summed E-state index contributed by atoms with van der Waals surface area (Å²) < 4.78 is 1.74. The Labute approximate surface area is 121 Å².